The lowest BCUT2D eigenvalue weighted by atomic mass is 9.83. The predicted octanol–water partition coefficient (Wildman–Crippen LogP) is 6.02. The minimum atomic E-state index is -0.494. The molecule has 0 fully saturated rings. The Morgan fingerprint density at radius 2 is 1.68 bits per heavy atom. The first-order valence-corrected chi connectivity index (χ1v) is 9.40. The van der Waals surface area contributed by atoms with Gasteiger partial charge in [0.05, 0.1) is 0 Å². The van der Waals surface area contributed by atoms with E-state index >= 15 is 0 Å². The Labute approximate surface area is 168 Å². The van der Waals surface area contributed by atoms with E-state index in [-0.39, 0.29) is 11.2 Å². The van der Waals surface area contributed by atoms with Gasteiger partial charge in [-0.15, -0.1) is 0 Å². The second kappa shape index (κ2) is 8.05. The number of carbonyl (C=O) groups excluding carboxylic acids is 1. The first-order chi connectivity index (χ1) is 12.9. The fraction of sp³-hybridized carbons (Fsp3) is 0.320. The van der Waals surface area contributed by atoms with E-state index in [0.29, 0.717) is 12.2 Å². The quantitative estimate of drug-likeness (QED) is 0.393. The molecule has 0 saturated heterocycles. The number of hydrogen-bond acceptors (Lipinski definition) is 3. The Bertz CT molecular complexity index is 943. The van der Waals surface area contributed by atoms with Crippen LogP contribution in [0.25, 0.3) is 5.57 Å². The molecular formula is C25H30O3. The summed E-state index contributed by atoms with van der Waals surface area (Å²) in [6.07, 6.45) is 1.61. The Kier molecular flexibility index (Phi) is 6.18. The van der Waals surface area contributed by atoms with Crippen LogP contribution >= 0.6 is 0 Å². The zero-order chi connectivity index (χ0) is 21.2. The highest BCUT2D eigenvalue weighted by Gasteiger charge is 2.24. The van der Waals surface area contributed by atoms with Gasteiger partial charge in [0, 0.05) is 29.2 Å². The average molecular weight is 379 g/mol. The van der Waals surface area contributed by atoms with Crippen LogP contribution in [0, 0.1) is 13.8 Å². The van der Waals surface area contributed by atoms with Gasteiger partial charge >= 0.3 is 5.97 Å². The highest BCUT2D eigenvalue weighted by atomic mass is 16.5. The van der Waals surface area contributed by atoms with Gasteiger partial charge in [-0.2, -0.15) is 0 Å². The highest BCUT2D eigenvalue weighted by Crippen LogP contribution is 2.38. The van der Waals surface area contributed by atoms with Gasteiger partial charge in [0.1, 0.15) is 11.5 Å². The minimum Gasteiger partial charge on any atom is -0.507 e. The van der Waals surface area contributed by atoms with Crippen molar-refractivity contribution in [3.63, 3.8) is 0 Å². The van der Waals surface area contributed by atoms with Gasteiger partial charge in [0.15, 0.2) is 0 Å². The normalized spacial score (nSPS) is 11.2. The molecule has 0 bridgehead atoms. The number of hydrogen-bond donors (Lipinski definition) is 1. The minimum absolute atomic E-state index is 0.213. The van der Waals surface area contributed by atoms with E-state index in [1.54, 1.807) is 0 Å². The number of allylic oxidation sites excluding steroid dienone is 1. The van der Waals surface area contributed by atoms with Gasteiger partial charge in [-0.25, -0.2) is 4.79 Å². The van der Waals surface area contributed by atoms with E-state index < -0.39 is 5.97 Å². The summed E-state index contributed by atoms with van der Waals surface area (Å²) in [5.41, 5.74) is 6.03. The van der Waals surface area contributed by atoms with Gasteiger partial charge in [0.25, 0.3) is 0 Å². The summed E-state index contributed by atoms with van der Waals surface area (Å²) in [6, 6.07) is 7.93. The molecule has 1 N–H and O–H groups in total. The fourth-order valence-electron chi connectivity index (χ4n) is 3.32. The number of ether oxygens (including phenoxy) is 1. The number of benzene rings is 2. The summed E-state index contributed by atoms with van der Waals surface area (Å²) in [4.78, 5) is 12.0. The van der Waals surface area contributed by atoms with E-state index in [4.69, 9.17) is 4.74 Å². The van der Waals surface area contributed by atoms with Crippen LogP contribution in [-0.2, 0) is 16.6 Å². The van der Waals surface area contributed by atoms with Crippen LogP contribution in [0.3, 0.4) is 0 Å². The molecule has 3 heteroatoms. The molecule has 0 aliphatic rings. The molecule has 0 amide bonds. The van der Waals surface area contributed by atoms with E-state index in [2.05, 4.69) is 33.9 Å². The van der Waals surface area contributed by atoms with Crippen molar-refractivity contribution in [2.24, 2.45) is 0 Å². The van der Waals surface area contributed by atoms with Gasteiger partial charge < -0.3 is 9.84 Å². The molecule has 2 aromatic carbocycles. The van der Waals surface area contributed by atoms with Crippen molar-refractivity contribution in [2.45, 2.75) is 53.4 Å². The molecule has 28 heavy (non-hydrogen) atoms. The lowest BCUT2D eigenvalue weighted by molar-refractivity contribution is -0.129. The molecule has 0 unspecified atom stereocenters. The number of phenols is 1. The zero-order valence-electron chi connectivity index (χ0n) is 17.8. The molecular weight excluding hydrogens is 348 g/mol. The maximum atomic E-state index is 12.0. The molecule has 0 heterocycles. The fourth-order valence-corrected chi connectivity index (χ4v) is 3.32. The number of rotatable bonds is 5. The Morgan fingerprint density at radius 1 is 1.11 bits per heavy atom. The Morgan fingerprint density at radius 3 is 2.21 bits per heavy atom. The third-order valence-corrected chi connectivity index (χ3v) is 4.66. The van der Waals surface area contributed by atoms with Crippen molar-refractivity contribution in [2.75, 3.05) is 0 Å². The monoisotopic (exact) mass is 378 g/mol. The van der Waals surface area contributed by atoms with Crippen molar-refractivity contribution >= 4 is 11.5 Å². The van der Waals surface area contributed by atoms with Gasteiger partial charge in [-0.1, -0.05) is 57.7 Å². The van der Waals surface area contributed by atoms with E-state index in [9.17, 15) is 9.90 Å². The summed E-state index contributed by atoms with van der Waals surface area (Å²) >= 11 is 0. The van der Waals surface area contributed by atoms with Crippen molar-refractivity contribution in [1.82, 2.24) is 0 Å². The smallest absolute Gasteiger partial charge is 0.335 e. The van der Waals surface area contributed by atoms with Crippen LogP contribution in [-0.4, -0.2) is 11.1 Å². The van der Waals surface area contributed by atoms with Gasteiger partial charge in [-0.05, 0) is 49.0 Å². The van der Waals surface area contributed by atoms with Gasteiger partial charge in [-0.3, -0.25) is 0 Å². The van der Waals surface area contributed by atoms with Crippen LogP contribution in [0.5, 0.6) is 11.5 Å². The SMILES string of the molecule is C=CC(=O)Oc1c(Cc2cc(C)cc(C(=C)C)c2O)cc(C)cc1C(C)(C)C. The van der Waals surface area contributed by atoms with Crippen molar-refractivity contribution < 1.29 is 14.6 Å². The van der Waals surface area contributed by atoms with E-state index in [1.807, 2.05) is 45.0 Å². The summed E-state index contributed by atoms with van der Waals surface area (Å²) in [5, 5.41) is 10.8. The molecule has 0 aliphatic carbocycles. The third-order valence-electron chi connectivity index (χ3n) is 4.66. The molecule has 0 radical (unpaired) electrons. The Balaban J connectivity index is 2.69. The molecule has 2 rings (SSSR count). The number of carbonyl (C=O) groups is 1. The predicted molar refractivity (Wildman–Crippen MR) is 116 cm³/mol. The maximum Gasteiger partial charge on any atom is 0.335 e. The van der Waals surface area contributed by atoms with Crippen LogP contribution < -0.4 is 4.74 Å². The molecule has 148 valence electrons. The number of esters is 1. The highest BCUT2D eigenvalue weighted by molar-refractivity contribution is 5.84. The number of phenolic OH excluding ortho intramolecular Hbond substituents is 1. The van der Waals surface area contributed by atoms with Crippen molar-refractivity contribution in [3.8, 4) is 11.5 Å². The topological polar surface area (TPSA) is 46.5 Å². The average Bonchev–Trinajstić information content (AvgIpc) is 2.58. The molecule has 3 nitrogen and oxygen atoms in total. The molecule has 0 saturated carbocycles. The lowest BCUT2D eigenvalue weighted by Crippen LogP contribution is -2.17. The first-order valence-electron chi connectivity index (χ1n) is 9.40. The van der Waals surface area contributed by atoms with Crippen LogP contribution in [0.4, 0.5) is 0 Å². The second-order valence-electron chi connectivity index (χ2n) is 8.45. The first kappa shape index (κ1) is 21.5. The number of aryl methyl sites for hydroxylation is 2. The molecule has 0 atom stereocenters. The molecule has 0 aromatic heterocycles. The van der Waals surface area contributed by atoms with Gasteiger partial charge in [0.2, 0.25) is 0 Å². The standard InChI is InChI=1S/C25H30O3/c1-9-22(26)28-24-19(11-17(5)13-21(24)25(6,7)8)14-18-10-16(4)12-20(15(2)3)23(18)27/h9-13,27H,1-2,14H2,3-8H3. The van der Waals surface area contributed by atoms with Crippen LogP contribution in [0.15, 0.2) is 43.5 Å². The summed E-state index contributed by atoms with van der Waals surface area (Å²) < 4.78 is 5.67. The molecule has 0 spiro atoms. The van der Waals surface area contributed by atoms with E-state index in [1.165, 1.54) is 6.08 Å². The lowest BCUT2D eigenvalue weighted by Gasteiger charge is -2.25. The van der Waals surface area contributed by atoms with Crippen molar-refractivity contribution in [3.05, 3.63) is 76.9 Å². The summed E-state index contributed by atoms with van der Waals surface area (Å²) in [5.74, 6) is 0.269. The summed E-state index contributed by atoms with van der Waals surface area (Å²) in [6.45, 7) is 19.6. The Hall–Kier alpha value is -2.81. The molecule has 2 aromatic rings. The zero-order valence-corrected chi connectivity index (χ0v) is 17.8. The summed E-state index contributed by atoms with van der Waals surface area (Å²) in [7, 11) is 0. The largest absolute Gasteiger partial charge is 0.507 e. The maximum absolute atomic E-state index is 12.0. The van der Waals surface area contributed by atoms with Crippen LogP contribution in [0.1, 0.15) is 61.1 Å². The number of aromatic hydroxyl groups is 1. The van der Waals surface area contributed by atoms with Crippen LogP contribution in [0.2, 0.25) is 0 Å². The molecule has 0 aliphatic heterocycles. The third kappa shape index (κ3) is 4.72. The second-order valence-corrected chi connectivity index (χ2v) is 8.45. The van der Waals surface area contributed by atoms with Crippen molar-refractivity contribution in [1.29, 1.82) is 0 Å². The van der Waals surface area contributed by atoms with E-state index in [0.717, 1.165) is 39.0 Å².